The molecule has 0 amide bonds. The third kappa shape index (κ3) is 1.82. The summed E-state index contributed by atoms with van der Waals surface area (Å²) >= 11 is 1.69. The zero-order valence-electron chi connectivity index (χ0n) is 10.2. The van der Waals surface area contributed by atoms with Crippen molar-refractivity contribution >= 4 is 27.3 Å². The van der Waals surface area contributed by atoms with Crippen LogP contribution in [-0.2, 0) is 4.74 Å². The van der Waals surface area contributed by atoms with Gasteiger partial charge in [-0.1, -0.05) is 0 Å². The van der Waals surface area contributed by atoms with Crippen LogP contribution in [0.15, 0.2) is 23.5 Å². The topological polar surface area (TPSA) is 34.5 Å². The largest absolute Gasteiger partial charge is 0.474 e. The number of nitrogens with zero attached hydrogens (tertiary/aromatic N) is 2. The van der Waals surface area contributed by atoms with Crippen molar-refractivity contribution in [2.45, 2.75) is 26.3 Å². The fourth-order valence-electron chi connectivity index (χ4n) is 1.91. The number of fused-ring (bicyclic) bond motifs is 1. The Bertz CT molecular complexity index is 613. The van der Waals surface area contributed by atoms with Gasteiger partial charge in [-0.05, 0) is 37.8 Å². The number of ether oxygens (including phenoxy) is 1. The van der Waals surface area contributed by atoms with Gasteiger partial charge in [-0.25, -0.2) is 4.99 Å². The number of aromatic nitrogens is 1. The summed E-state index contributed by atoms with van der Waals surface area (Å²) < 4.78 is 6.85. The molecule has 1 aliphatic rings. The Morgan fingerprint density at radius 1 is 1.35 bits per heavy atom. The minimum atomic E-state index is -0.0984. The first kappa shape index (κ1) is 10.7. The Kier molecular flexibility index (Phi) is 2.23. The molecule has 0 fully saturated rings. The Morgan fingerprint density at radius 2 is 2.18 bits per heavy atom. The van der Waals surface area contributed by atoms with E-state index < -0.39 is 0 Å². The first-order chi connectivity index (χ1) is 8.05. The molecule has 0 radical (unpaired) electrons. The van der Waals surface area contributed by atoms with Gasteiger partial charge in [0.15, 0.2) is 0 Å². The predicted molar refractivity (Wildman–Crippen MR) is 70.9 cm³/mol. The molecule has 3 rings (SSSR count). The first-order valence-corrected chi connectivity index (χ1v) is 6.44. The van der Waals surface area contributed by atoms with Gasteiger partial charge in [-0.2, -0.15) is 0 Å². The second-order valence-electron chi connectivity index (χ2n) is 5.00. The van der Waals surface area contributed by atoms with Gasteiger partial charge in [0.25, 0.3) is 0 Å². The maximum atomic E-state index is 5.66. The van der Waals surface area contributed by atoms with Gasteiger partial charge < -0.3 is 4.74 Å². The van der Waals surface area contributed by atoms with Crippen LogP contribution in [-0.4, -0.2) is 23.0 Å². The van der Waals surface area contributed by atoms with Crippen molar-refractivity contribution in [1.29, 1.82) is 0 Å². The van der Waals surface area contributed by atoms with Crippen molar-refractivity contribution in [2.24, 2.45) is 4.99 Å². The highest BCUT2D eigenvalue weighted by Crippen LogP contribution is 2.30. The lowest BCUT2D eigenvalue weighted by molar-refractivity contribution is 0.280. The van der Waals surface area contributed by atoms with Crippen molar-refractivity contribution in [2.75, 3.05) is 6.61 Å². The summed E-state index contributed by atoms with van der Waals surface area (Å²) in [5, 5.41) is 1.25. The molecule has 0 bridgehead atoms. The van der Waals surface area contributed by atoms with Crippen LogP contribution < -0.4 is 0 Å². The van der Waals surface area contributed by atoms with Gasteiger partial charge in [-0.3, -0.25) is 4.98 Å². The molecule has 0 N–H and O–H groups in total. The van der Waals surface area contributed by atoms with Gasteiger partial charge >= 0.3 is 0 Å². The van der Waals surface area contributed by atoms with E-state index in [4.69, 9.17) is 4.74 Å². The number of rotatable bonds is 1. The highest BCUT2D eigenvalue weighted by molar-refractivity contribution is 7.20. The number of aryl methyl sites for hydroxylation is 1. The predicted octanol–water partition coefficient (Wildman–Crippen LogP) is 3.16. The standard InChI is InChI=1S/C13H14N2OS/c1-8-5-14-6-11-9(8)4-10(17-11)12-15-13(2,3)7-16-12/h4-6H,7H2,1-3H3. The summed E-state index contributed by atoms with van der Waals surface area (Å²) in [5.41, 5.74) is 1.10. The van der Waals surface area contributed by atoms with Gasteiger partial charge in [0.1, 0.15) is 6.61 Å². The molecule has 17 heavy (non-hydrogen) atoms. The van der Waals surface area contributed by atoms with E-state index in [0.717, 1.165) is 10.8 Å². The molecule has 0 unspecified atom stereocenters. The SMILES string of the molecule is Cc1cncc2sc(C3=NC(C)(C)CO3)cc12. The van der Waals surface area contributed by atoms with E-state index in [0.29, 0.717) is 6.61 Å². The number of aliphatic imine (C=N–C) groups is 1. The quantitative estimate of drug-likeness (QED) is 0.774. The third-order valence-corrected chi connectivity index (χ3v) is 3.88. The lowest BCUT2D eigenvalue weighted by Gasteiger charge is -2.07. The molecule has 1 aliphatic heterocycles. The van der Waals surface area contributed by atoms with Crippen LogP contribution in [0, 0.1) is 6.92 Å². The average Bonchev–Trinajstić information content (AvgIpc) is 2.82. The molecule has 4 heteroatoms. The minimum Gasteiger partial charge on any atom is -0.474 e. The molecule has 0 saturated carbocycles. The van der Waals surface area contributed by atoms with Crippen molar-refractivity contribution in [3.8, 4) is 0 Å². The lowest BCUT2D eigenvalue weighted by atomic mass is 10.1. The van der Waals surface area contributed by atoms with Crippen LogP contribution in [0.3, 0.4) is 0 Å². The first-order valence-electron chi connectivity index (χ1n) is 5.62. The monoisotopic (exact) mass is 246 g/mol. The van der Waals surface area contributed by atoms with E-state index in [-0.39, 0.29) is 5.54 Å². The number of pyridine rings is 1. The smallest absolute Gasteiger partial charge is 0.227 e. The summed E-state index contributed by atoms with van der Waals surface area (Å²) in [7, 11) is 0. The summed E-state index contributed by atoms with van der Waals surface area (Å²) in [6, 6.07) is 2.15. The van der Waals surface area contributed by atoms with Gasteiger partial charge in [0, 0.05) is 12.4 Å². The third-order valence-electron chi connectivity index (χ3n) is 2.82. The Morgan fingerprint density at radius 3 is 2.82 bits per heavy atom. The molecular weight excluding hydrogens is 232 g/mol. The van der Waals surface area contributed by atoms with Gasteiger partial charge in [0.05, 0.1) is 15.1 Å². The molecule has 0 aliphatic carbocycles. The van der Waals surface area contributed by atoms with Crippen molar-refractivity contribution in [3.05, 3.63) is 28.9 Å². The van der Waals surface area contributed by atoms with E-state index in [1.54, 1.807) is 11.3 Å². The van der Waals surface area contributed by atoms with Gasteiger partial charge in [-0.15, -0.1) is 11.3 Å². The van der Waals surface area contributed by atoms with Crippen molar-refractivity contribution in [3.63, 3.8) is 0 Å². The van der Waals surface area contributed by atoms with Crippen LogP contribution in [0.25, 0.3) is 10.1 Å². The molecule has 3 heterocycles. The van der Waals surface area contributed by atoms with Crippen molar-refractivity contribution < 1.29 is 4.74 Å². The number of hydrogen-bond donors (Lipinski definition) is 0. The van der Waals surface area contributed by atoms with E-state index in [1.165, 1.54) is 15.6 Å². The Balaban J connectivity index is 2.11. The van der Waals surface area contributed by atoms with Crippen LogP contribution in [0.1, 0.15) is 24.3 Å². The van der Waals surface area contributed by atoms with Gasteiger partial charge in [0.2, 0.25) is 5.90 Å². The fraction of sp³-hybridized carbons (Fsp3) is 0.385. The maximum Gasteiger partial charge on any atom is 0.227 e. The molecule has 0 atom stereocenters. The zero-order valence-corrected chi connectivity index (χ0v) is 11.0. The fourth-order valence-corrected chi connectivity index (χ4v) is 2.96. The summed E-state index contributed by atoms with van der Waals surface area (Å²) in [4.78, 5) is 9.91. The molecule has 0 saturated heterocycles. The molecule has 3 nitrogen and oxygen atoms in total. The molecule has 0 spiro atoms. The highest BCUT2D eigenvalue weighted by Gasteiger charge is 2.27. The Labute approximate surface area is 104 Å². The number of thiophene rings is 1. The molecule has 2 aromatic heterocycles. The van der Waals surface area contributed by atoms with E-state index in [9.17, 15) is 0 Å². The van der Waals surface area contributed by atoms with E-state index in [2.05, 4.69) is 36.8 Å². The van der Waals surface area contributed by atoms with E-state index in [1.807, 2.05) is 12.4 Å². The van der Waals surface area contributed by atoms with Crippen LogP contribution in [0.4, 0.5) is 0 Å². The van der Waals surface area contributed by atoms with Crippen LogP contribution >= 0.6 is 11.3 Å². The minimum absolute atomic E-state index is 0.0984. The molecule has 2 aromatic rings. The summed E-state index contributed by atoms with van der Waals surface area (Å²) in [6.07, 6.45) is 3.79. The average molecular weight is 246 g/mol. The Hall–Kier alpha value is -1.42. The zero-order chi connectivity index (χ0) is 12.0. The van der Waals surface area contributed by atoms with Crippen LogP contribution in [0.5, 0.6) is 0 Å². The van der Waals surface area contributed by atoms with E-state index >= 15 is 0 Å². The molecule has 0 aromatic carbocycles. The molecular formula is C13H14N2OS. The number of hydrogen-bond acceptors (Lipinski definition) is 4. The van der Waals surface area contributed by atoms with Crippen molar-refractivity contribution in [1.82, 2.24) is 4.98 Å². The normalized spacial score (nSPS) is 18.2. The van der Waals surface area contributed by atoms with Crippen LogP contribution in [0.2, 0.25) is 0 Å². The molecule has 88 valence electrons. The highest BCUT2D eigenvalue weighted by atomic mass is 32.1. The maximum absolute atomic E-state index is 5.66. The second-order valence-corrected chi connectivity index (χ2v) is 6.08. The summed E-state index contributed by atoms with van der Waals surface area (Å²) in [6.45, 7) is 6.90. The lowest BCUT2D eigenvalue weighted by Crippen LogP contribution is -2.17. The summed E-state index contributed by atoms with van der Waals surface area (Å²) in [5.74, 6) is 0.774. The second kappa shape index (κ2) is 3.53.